The van der Waals surface area contributed by atoms with Gasteiger partial charge in [0.05, 0.1) is 23.9 Å². The lowest BCUT2D eigenvalue weighted by atomic mass is 9.93. The molecule has 0 saturated carbocycles. The number of rotatable bonds is 4. The zero-order chi connectivity index (χ0) is 18.6. The second kappa shape index (κ2) is 7.77. The SMILES string of the molecule is COc1ccncc1-c1cccc(C#N)c1N1CCC(c2cncs2)CC1. The minimum atomic E-state index is 0.555. The fourth-order valence-corrected chi connectivity index (χ4v) is 4.56. The molecule has 5 nitrogen and oxygen atoms in total. The Hall–Kier alpha value is -2.91. The van der Waals surface area contributed by atoms with E-state index in [4.69, 9.17) is 4.74 Å². The van der Waals surface area contributed by atoms with Crippen LogP contribution < -0.4 is 9.64 Å². The van der Waals surface area contributed by atoms with Gasteiger partial charge in [-0.2, -0.15) is 5.26 Å². The molecule has 0 spiro atoms. The van der Waals surface area contributed by atoms with E-state index in [9.17, 15) is 5.26 Å². The average Bonchev–Trinajstić information content (AvgIpc) is 3.28. The van der Waals surface area contributed by atoms with Crippen LogP contribution in [0.15, 0.2) is 48.4 Å². The number of hydrogen-bond donors (Lipinski definition) is 0. The van der Waals surface area contributed by atoms with Gasteiger partial charge < -0.3 is 9.64 Å². The highest BCUT2D eigenvalue weighted by molar-refractivity contribution is 7.09. The number of anilines is 1. The number of nitriles is 1. The predicted molar refractivity (Wildman–Crippen MR) is 107 cm³/mol. The molecule has 1 aliphatic heterocycles. The lowest BCUT2D eigenvalue weighted by molar-refractivity contribution is 0.416. The van der Waals surface area contributed by atoms with Crippen LogP contribution in [-0.2, 0) is 0 Å². The second-order valence-electron chi connectivity index (χ2n) is 6.55. The summed E-state index contributed by atoms with van der Waals surface area (Å²) in [6.07, 6.45) is 7.64. The number of thiazole rings is 1. The van der Waals surface area contributed by atoms with Crippen LogP contribution in [0.25, 0.3) is 11.1 Å². The van der Waals surface area contributed by atoms with E-state index in [0.29, 0.717) is 11.5 Å². The Balaban J connectivity index is 1.70. The standard InChI is InChI=1S/C21H20N4OS/c1-26-19-5-8-23-12-18(19)17-4-2-3-16(11-22)21(17)25-9-6-15(7-10-25)20-13-24-14-27-20/h2-5,8,12-15H,6-7,9-10H2,1H3. The summed E-state index contributed by atoms with van der Waals surface area (Å²) in [5.74, 6) is 1.32. The molecule has 6 heteroatoms. The summed E-state index contributed by atoms with van der Waals surface area (Å²) in [5.41, 5.74) is 5.48. The fraction of sp³-hybridized carbons (Fsp3) is 0.286. The van der Waals surface area contributed by atoms with Crippen molar-refractivity contribution >= 4 is 17.0 Å². The molecular formula is C21H20N4OS. The summed E-state index contributed by atoms with van der Waals surface area (Å²) >= 11 is 1.73. The van der Waals surface area contributed by atoms with E-state index in [1.54, 1.807) is 24.6 Å². The van der Waals surface area contributed by atoms with Crippen LogP contribution in [0.5, 0.6) is 5.75 Å². The van der Waals surface area contributed by atoms with Crippen LogP contribution in [0.1, 0.15) is 29.2 Å². The molecule has 1 aromatic carbocycles. The number of hydrogen-bond acceptors (Lipinski definition) is 6. The van der Waals surface area contributed by atoms with Gasteiger partial charge in [0.25, 0.3) is 0 Å². The van der Waals surface area contributed by atoms with E-state index in [2.05, 4.69) is 20.9 Å². The zero-order valence-electron chi connectivity index (χ0n) is 15.1. The Morgan fingerprint density at radius 1 is 1.15 bits per heavy atom. The molecule has 4 rings (SSSR count). The average molecular weight is 376 g/mol. The minimum Gasteiger partial charge on any atom is -0.496 e. The third kappa shape index (κ3) is 3.38. The van der Waals surface area contributed by atoms with Gasteiger partial charge in [-0.25, -0.2) is 0 Å². The maximum atomic E-state index is 9.72. The van der Waals surface area contributed by atoms with E-state index in [1.165, 1.54) is 4.88 Å². The number of nitrogens with zero attached hydrogens (tertiary/aromatic N) is 4. The van der Waals surface area contributed by atoms with Crippen LogP contribution in [0.2, 0.25) is 0 Å². The van der Waals surface area contributed by atoms with Crippen molar-refractivity contribution < 1.29 is 4.74 Å². The van der Waals surface area contributed by atoms with Gasteiger partial charge in [-0.05, 0) is 30.9 Å². The zero-order valence-corrected chi connectivity index (χ0v) is 15.9. The van der Waals surface area contributed by atoms with Crippen molar-refractivity contribution in [3.05, 3.63) is 58.8 Å². The van der Waals surface area contributed by atoms with Gasteiger partial charge in [0.15, 0.2) is 0 Å². The first-order chi connectivity index (χ1) is 13.3. The maximum Gasteiger partial charge on any atom is 0.129 e. The van der Waals surface area contributed by atoms with Crippen LogP contribution in [0.3, 0.4) is 0 Å². The van der Waals surface area contributed by atoms with Crippen LogP contribution >= 0.6 is 11.3 Å². The Morgan fingerprint density at radius 3 is 2.70 bits per heavy atom. The van der Waals surface area contributed by atoms with Crippen LogP contribution in [0.4, 0.5) is 5.69 Å². The molecule has 1 aliphatic rings. The molecule has 1 saturated heterocycles. The van der Waals surface area contributed by atoms with Gasteiger partial charge in [-0.1, -0.05) is 12.1 Å². The molecule has 0 aliphatic carbocycles. The van der Waals surface area contributed by atoms with Crippen molar-refractivity contribution in [2.24, 2.45) is 0 Å². The third-order valence-corrected chi connectivity index (χ3v) is 6.05. The Labute approximate surface area is 162 Å². The highest BCUT2D eigenvalue weighted by atomic mass is 32.1. The molecule has 0 bridgehead atoms. The number of piperidine rings is 1. The van der Waals surface area contributed by atoms with Crippen molar-refractivity contribution in [3.8, 4) is 22.9 Å². The number of benzene rings is 1. The molecule has 1 fully saturated rings. The van der Waals surface area contributed by atoms with E-state index >= 15 is 0 Å². The molecule has 27 heavy (non-hydrogen) atoms. The van der Waals surface area contributed by atoms with Gasteiger partial charge in [0, 0.05) is 47.7 Å². The van der Waals surface area contributed by atoms with Crippen LogP contribution in [-0.4, -0.2) is 30.2 Å². The predicted octanol–water partition coefficient (Wildman–Crippen LogP) is 4.47. The van der Waals surface area contributed by atoms with E-state index < -0.39 is 0 Å². The van der Waals surface area contributed by atoms with Crippen molar-refractivity contribution in [2.45, 2.75) is 18.8 Å². The van der Waals surface area contributed by atoms with E-state index in [-0.39, 0.29) is 0 Å². The lowest BCUT2D eigenvalue weighted by Gasteiger charge is -2.35. The third-order valence-electron chi connectivity index (χ3n) is 5.11. The molecule has 0 amide bonds. The molecule has 2 aromatic heterocycles. The normalized spacial score (nSPS) is 14.7. The molecule has 3 heterocycles. The number of pyridine rings is 1. The fourth-order valence-electron chi connectivity index (χ4n) is 3.77. The smallest absolute Gasteiger partial charge is 0.129 e. The summed E-state index contributed by atoms with van der Waals surface area (Å²) in [4.78, 5) is 12.2. The second-order valence-corrected chi connectivity index (χ2v) is 7.47. The maximum absolute atomic E-state index is 9.72. The molecule has 0 unspecified atom stereocenters. The molecule has 136 valence electrons. The van der Waals surface area contributed by atoms with E-state index in [0.717, 1.165) is 48.5 Å². The van der Waals surface area contributed by atoms with Gasteiger partial charge >= 0.3 is 0 Å². The first-order valence-corrected chi connectivity index (χ1v) is 9.84. The molecule has 0 atom stereocenters. The quantitative estimate of drug-likeness (QED) is 0.672. The van der Waals surface area contributed by atoms with Gasteiger partial charge in [0.1, 0.15) is 11.8 Å². The molecule has 0 N–H and O–H groups in total. The molecular weight excluding hydrogens is 356 g/mol. The Bertz CT molecular complexity index is 957. The highest BCUT2D eigenvalue weighted by Crippen LogP contribution is 2.40. The van der Waals surface area contributed by atoms with Gasteiger partial charge in [-0.15, -0.1) is 11.3 Å². The van der Waals surface area contributed by atoms with Crippen molar-refractivity contribution in [3.63, 3.8) is 0 Å². The van der Waals surface area contributed by atoms with Crippen molar-refractivity contribution in [2.75, 3.05) is 25.1 Å². The molecule has 3 aromatic rings. The van der Waals surface area contributed by atoms with Crippen molar-refractivity contribution in [1.29, 1.82) is 5.26 Å². The van der Waals surface area contributed by atoms with Crippen LogP contribution in [0, 0.1) is 11.3 Å². The first kappa shape index (κ1) is 17.5. The molecule has 0 radical (unpaired) electrons. The highest BCUT2D eigenvalue weighted by Gasteiger charge is 2.26. The lowest BCUT2D eigenvalue weighted by Crippen LogP contribution is -2.33. The first-order valence-electron chi connectivity index (χ1n) is 8.96. The Morgan fingerprint density at radius 2 is 2.00 bits per heavy atom. The van der Waals surface area contributed by atoms with Gasteiger partial charge in [-0.3, -0.25) is 9.97 Å². The Kier molecular flexibility index (Phi) is 5.03. The number of ether oxygens (including phenoxy) is 1. The minimum absolute atomic E-state index is 0.555. The summed E-state index contributed by atoms with van der Waals surface area (Å²) < 4.78 is 5.53. The number of aromatic nitrogens is 2. The summed E-state index contributed by atoms with van der Waals surface area (Å²) in [7, 11) is 1.66. The summed E-state index contributed by atoms with van der Waals surface area (Å²) in [5, 5.41) is 9.72. The summed E-state index contributed by atoms with van der Waals surface area (Å²) in [6.45, 7) is 1.83. The number of methoxy groups -OCH3 is 1. The number of para-hydroxylation sites is 1. The topological polar surface area (TPSA) is 62.0 Å². The monoisotopic (exact) mass is 376 g/mol. The largest absolute Gasteiger partial charge is 0.496 e. The summed E-state index contributed by atoms with van der Waals surface area (Å²) in [6, 6.07) is 10.1. The van der Waals surface area contributed by atoms with E-state index in [1.807, 2.05) is 42.2 Å². The van der Waals surface area contributed by atoms with Crippen molar-refractivity contribution in [1.82, 2.24) is 9.97 Å². The van der Waals surface area contributed by atoms with Gasteiger partial charge in [0.2, 0.25) is 0 Å².